The molecule has 0 saturated carbocycles. The monoisotopic (exact) mass is 371 g/mol. The van der Waals surface area contributed by atoms with E-state index in [2.05, 4.69) is 31.1 Å². The van der Waals surface area contributed by atoms with E-state index in [-0.39, 0.29) is 5.82 Å². The Kier molecular flexibility index (Phi) is 6.64. The van der Waals surface area contributed by atoms with Crippen LogP contribution in [0.4, 0.5) is 4.39 Å². The van der Waals surface area contributed by atoms with Crippen molar-refractivity contribution < 1.29 is 9.13 Å². The number of ether oxygens (including phenoxy) is 1. The molecule has 0 aromatic heterocycles. The van der Waals surface area contributed by atoms with Crippen molar-refractivity contribution in [1.82, 2.24) is 10.2 Å². The number of hydrogen-bond donors (Lipinski definition) is 1. The van der Waals surface area contributed by atoms with Gasteiger partial charge < -0.3 is 15.0 Å². The van der Waals surface area contributed by atoms with Crippen molar-refractivity contribution in [3.05, 3.63) is 34.1 Å². The van der Waals surface area contributed by atoms with Gasteiger partial charge in [-0.15, -0.1) is 0 Å². The van der Waals surface area contributed by atoms with Crippen LogP contribution < -0.4 is 5.32 Å². The van der Waals surface area contributed by atoms with Crippen LogP contribution in [-0.4, -0.2) is 44.2 Å². The van der Waals surface area contributed by atoms with Crippen molar-refractivity contribution in [3.8, 4) is 0 Å². The maximum absolute atomic E-state index is 13.3. The topological polar surface area (TPSA) is 36.9 Å². The minimum absolute atomic E-state index is 0.241. The summed E-state index contributed by atoms with van der Waals surface area (Å²) in [5.41, 5.74) is 0.841. The number of nitrogens with zero attached hydrogens (tertiary/aromatic N) is 2. The first-order valence-corrected chi connectivity index (χ1v) is 8.40. The quantitative estimate of drug-likeness (QED) is 0.638. The molecular formula is C16H23BrFN3O. The molecular weight excluding hydrogens is 349 g/mol. The summed E-state index contributed by atoms with van der Waals surface area (Å²) in [5, 5.41) is 3.29. The molecule has 0 amide bonds. The third-order valence-electron chi connectivity index (χ3n) is 3.66. The summed E-state index contributed by atoms with van der Waals surface area (Å²) in [6.45, 7) is 5.86. The Hall–Kier alpha value is -1.14. The minimum Gasteiger partial charge on any atom is -0.381 e. The van der Waals surface area contributed by atoms with Gasteiger partial charge in [0.25, 0.3) is 0 Å². The molecule has 1 aromatic rings. The molecule has 1 aliphatic heterocycles. The van der Waals surface area contributed by atoms with Gasteiger partial charge in [0.2, 0.25) is 0 Å². The molecule has 0 radical (unpaired) electrons. The second kappa shape index (κ2) is 8.48. The van der Waals surface area contributed by atoms with Gasteiger partial charge in [-0.25, -0.2) is 9.38 Å². The van der Waals surface area contributed by atoms with Crippen molar-refractivity contribution in [2.45, 2.75) is 19.9 Å². The van der Waals surface area contributed by atoms with Crippen molar-refractivity contribution in [1.29, 1.82) is 0 Å². The molecule has 1 aliphatic rings. The van der Waals surface area contributed by atoms with Crippen molar-refractivity contribution >= 4 is 21.9 Å². The van der Waals surface area contributed by atoms with Crippen LogP contribution in [0, 0.1) is 11.7 Å². The Morgan fingerprint density at radius 1 is 1.55 bits per heavy atom. The molecule has 1 unspecified atom stereocenters. The lowest BCUT2D eigenvalue weighted by atomic mass is 10.1. The van der Waals surface area contributed by atoms with Gasteiger partial charge in [0.1, 0.15) is 5.82 Å². The first kappa shape index (κ1) is 17.2. The minimum atomic E-state index is -0.241. The van der Waals surface area contributed by atoms with Crippen LogP contribution in [0.3, 0.4) is 0 Å². The highest BCUT2D eigenvalue weighted by molar-refractivity contribution is 9.10. The van der Waals surface area contributed by atoms with E-state index in [4.69, 9.17) is 4.74 Å². The van der Waals surface area contributed by atoms with Gasteiger partial charge in [0.05, 0.1) is 13.2 Å². The Balaban J connectivity index is 2.03. The highest BCUT2D eigenvalue weighted by atomic mass is 79.9. The predicted molar refractivity (Wildman–Crippen MR) is 90.5 cm³/mol. The van der Waals surface area contributed by atoms with Gasteiger partial charge in [-0.05, 0) is 37.1 Å². The first-order valence-electron chi connectivity index (χ1n) is 7.61. The van der Waals surface area contributed by atoms with E-state index in [9.17, 15) is 4.39 Å². The molecule has 6 heteroatoms. The van der Waals surface area contributed by atoms with E-state index >= 15 is 0 Å². The second-order valence-electron chi connectivity index (χ2n) is 5.52. The summed E-state index contributed by atoms with van der Waals surface area (Å²) in [4.78, 5) is 6.74. The Labute approximate surface area is 139 Å². The lowest BCUT2D eigenvalue weighted by molar-refractivity contribution is 0.181. The summed E-state index contributed by atoms with van der Waals surface area (Å²) in [5.74, 6) is 1.15. The number of halogens is 2. The first-order chi connectivity index (χ1) is 10.6. The van der Waals surface area contributed by atoms with E-state index in [1.165, 1.54) is 12.1 Å². The standard InChI is InChI=1S/C16H23BrFN3O/c1-3-19-16(21(2)10-12-6-7-22-11-12)20-9-13-8-14(18)4-5-15(13)17/h4-5,8,12H,3,6-7,9-11H2,1-2H3,(H,19,20). The van der Waals surface area contributed by atoms with Crippen LogP contribution in [0.5, 0.6) is 0 Å². The Morgan fingerprint density at radius 3 is 3.05 bits per heavy atom. The normalized spacial score (nSPS) is 18.5. The zero-order valence-corrected chi connectivity index (χ0v) is 14.7. The van der Waals surface area contributed by atoms with Crippen LogP contribution in [-0.2, 0) is 11.3 Å². The third-order valence-corrected chi connectivity index (χ3v) is 4.43. The zero-order chi connectivity index (χ0) is 15.9. The molecule has 1 heterocycles. The van der Waals surface area contributed by atoms with Crippen molar-refractivity contribution in [3.63, 3.8) is 0 Å². The van der Waals surface area contributed by atoms with Crippen LogP contribution in [0.25, 0.3) is 0 Å². The summed E-state index contributed by atoms with van der Waals surface area (Å²) < 4.78 is 19.6. The van der Waals surface area contributed by atoms with Crippen LogP contribution in [0.15, 0.2) is 27.7 Å². The molecule has 1 aromatic carbocycles. The van der Waals surface area contributed by atoms with Crippen LogP contribution in [0.2, 0.25) is 0 Å². The maximum atomic E-state index is 13.3. The molecule has 0 spiro atoms. The van der Waals surface area contributed by atoms with Gasteiger partial charge in [-0.3, -0.25) is 0 Å². The summed E-state index contributed by atoms with van der Waals surface area (Å²) in [6, 6.07) is 4.67. The number of hydrogen-bond acceptors (Lipinski definition) is 2. The van der Waals surface area contributed by atoms with Gasteiger partial charge >= 0.3 is 0 Å². The maximum Gasteiger partial charge on any atom is 0.193 e. The molecule has 122 valence electrons. The molecule has 1 fully saturated rings. The van der Waals surface area contributed by atoms with Crippen LogP contribution >= 0.6 is 15.9 Å². The zero-order valence-electron chi connectivity index (χ0n) is 13.1. The van der Waals surface area contributed by atoms with E-state index in [0.29, 0.717) is 12.5 Å². The summed E-state index contributed by atoms with van der Waals surface area (Å²) in [6.07, 6.45) is 1.10. The highest BCUT2D eigenvalue weighted by Crippen LogP contribution is 2.19. The molecule has 1 atom stereocenters. The Morgan fingerprint density at radius 2 is 2.36 bits per heavy atom. The fourth-order valence-corrected chi connectivity index (χ4v) is 2.87. The number of benzene rings is 1. The largest absolute Gasteiger partial charge is 0.381 e. The summed E-state index contributed by atoms with van der Waals surface area (Å²) in [7, 11) is 2.03. The molecule has 2 rings (SSSR count). The van der Waals surface area contributed by atoms with Gasteiger partial charge in [0.15, 0.2) is 5.96 Å². The van der Waals surface area contributed by atoms with Gasteiger partial charge in [-0.2, -0.15) is 0 Å². The van der Waals surface area contributed by atoms with E-state index in [1.807, 2.05) is 14.0 Å². The van der Waals surface area contributed by atoms with Gasteiger partial charge in [0, 0.05) is 37.1 Å². The smallest absolute Gasteiger partial charge is 0.193 e. The molecule has 0 bridgehead atoms. The van der Waals surface area contributed by atoms with Crippen molar-refractivity contribution in [2.24, 2.45) is 10.9 Å². The van der Waals surface area contributed by atoms with E-state index in [0.717, 1.165) is 48.7 Å². The third kappa shape index (κ3) is 4.95. The molecule has 1 N–H and O–H groups in total. The summed E-state index contributed by atoms with van der Waals surface area (Å²) >= 11 is 3.44. The lowest BCUT2D eigenvalue weighted by Crippen LogP contribution is -2.41. The molecule has 1 saturated heterocycles. The SMILES string of the molecule is CCNC(=NCc1cc(F)ccc1Br)N(C)CC1CCOC1. The molecule has 22 heavy (non-hydrogen) atoms. The van der Waals surface area contributed by atoms with Gasteiger partial charge in [-0.1, -0.05) is 15.9 Å². The van der Waals surface area contributed by atoms with Crippen LogP contribution in [0.1, 0.15) is 18.9 Å². The Bertz CT molecular complexity index is 518. The second-order valence-corrected chi connectivity index (χ2v) is 6.37. The number of rotatable bonds is 5. The molecule has 0 aliphatic carbocycles. The highest BCUT2D eigenvalue weighted by Gasteiger charge is 2.19. The number of guanidine groups is 1. The predicted octanol–water partition coefficient (Wildman–Crippen LogP) is 3.02. The van der Waals surface area contributed by atoms with Crippen molar-refractivity contribution in [2.75, 3.05) is 33.4 Å². The fraction of sp³-hybridized carbons (Fsp3) is 0.562. The van der Waals surface area contributed by atoms with E-state index in [1.54, 1.807) is 6.07 Å². The lowest BCUT2D eigenvalue weighted by Gasteiger charge is -2.24. The average molecular weight is 372 g/mol. The molecule has 4 nitrogen and oxygen atoms in total. The average Bonchev–Trinajstić information content (AvgIpc) is 2.99. The van der Waals surface area contributed by atoms with E-state index < -0.39 is 0 Å². The fourth-order valence-electron chi connectivity index (χ4n) is 2.50. The number of nitrogens with one attached hydrogen (secondary N) is 1. The number of aliphatic imine (C=N–C) groups is 1.